The molecule has 0 saturated carbocycles. The third-order valence-electron chi connectivity index (χ3n) is 11.4. The van der Waals surface area contributed by atoms with Crippen molar-refractivity contribution in [2.75, 3.05) is 0 Å². The van der Waals surface area contributed by atoms with Gasteiger partial charge >= 0.3 is 0 Å². The largest absolute Gasteiger partial charge is 0.324 e. The molecule has 13 rings (SSSR count). The molecule has 8 aromatic carbocycles. The van der Waals surface area contributed by atoms with Gasteiger partial charge in [0.05, 0.1) is 0 Å². The second-order valence-electron chi connectivity index (χ2n) is 14.4. The summed E-state index contributed by atoms with van der Waals surface area (Å²) in [6.07, 6.45) is 0. The van der Waals surface area contributed by atoms with E-state index < -0.39 is 0 Å². The molecule has 2 aliphatic heterocycles. The van der Waals surface area contributed by atoms with E-state index in [9.17, 15) is 0 Å². The smallest absolute Gasteiger partial charge is 0.165 e. The Morgan fingerprint density at radius 3 is 1.07 bits per heavy atom. The Labute approximate surface area is 317 Å². The predicted octanol–water partition coefficient (Wildman–Crippen LogP) is 11.5. The summed E-state index contributed by atoms with van der Waals surface area (Å²) in [4.78, 5) is 39.2. The average molecular weight is 715 g/mol. The summed E-state index contributed by atoms with van der Waals surface area (Å²) in [5, 5.41) is 12.5. The zero-order valence-electron chi connectivity index (χ0n) is 29.5. The van der Waals surface area contributed by atoms with Crippen molar-refractivity contribution in [1.29, 1.82) is 0 Å². The Bertz CT molecular complexity index is 3480. The topological polar surface area (TPSA) is 109 Å². The fourth-order valence-electron chi connectivity index (χ4n) is 8.86. The fraction of sp³-hybridized carbons (Fsp3) is 0. The zero-order valence-corrected chi connectivity index (χ0v) is 29.5. The molecule has 8 heteroatoms. The molecule has 3 aromatic heterocycles. The number of nitrogens with zero attached hydrogens (tertiary/aromatic N) is 6. The highest BCUT2D eigenvalue weighted by molar-refractivity contribution is 6.20. The molecule has 2 aliphatic rings. The molecular formula is C48H26N8. The average Bonchev–Trinajstić information content (AvgIpc) is 3.99. The SMILES string of the molecule is c1ccc2c3c(ccc2c1)-c1nc-3nc2[nH]c(nc3nc(nc4[nH]c(n1)c1c5ccccc5ccc41)-c1c-3ccc3ccccc13)c1c3ccccc3ccc21. The molecule has 258 valence electrons. The summed E-state index contributed by atoms with van der Waals surface area (Å²) in [6, 6.07) is 50.5. The van der Waals surface area contributed by atoms with E-state index in [4.69, 9.17) is 29.9 Å². The molecule has 0 radical (unpaired) electrons. The molecule has 2 N–H and O–H groups in total. The predicted molar refractivity (Wildman–Crippen MR) is 226 cm³/mol. The van der Waals surface area contributed by atoms with Crippen LogP contribution in [0.5, 0.6) is 0 Å². The molecule has 0 fully saturated rings. The minimum Gasteiger partial charge on any atom is -0.324 e. The molecule has 0 saturated heterocycles. The van der Waals surface area contributed by atoms with Crippen molar-refractivity contribution < 1.29 is 0 Å². The highest BCUT2D eigenvalue weighted by atomic mass is 15.1. The molecule has 8 bridgehead atoms. The Kier molecular flexibility index (Phi) is 5.74. The number of rotatable bonds is 0. The van der Waals surface area contributed by atoms with Crippen LogP contribution in [0.4, 0.5) is 0 Å². The second-order valence-corrected chi connectivity index (χ2v) is 14.4. The van der Waals surface area contributed by atoms with Crippen molar-refractivity contribution in [2.24, 2.45) is 0 Å². The summed E-state index contributed by atoms with van der Waals surface area (Å²) in [6.45, 7) is 0. The van der Waals surface area contributed by atoms with Crippen molar-refractivity contribution in [3.63, 3.8) is 0 Å². The summed E-state index contributed by atoms with van der Waals surface area (Å²) < 4.78 is 0. The van der Waals surface area contributed by atoms with Gasteiger partial charge in [-0.1, -0.05) is 121 Å². The van der Waals surface area contributed by atoms with Gasteiger partial charge in [0.25, 0.3) is 0 Å². The molecule has 5 heterocycles. The molecule has 0 spiro atoms. The Morgan fingerprint density at radius 1 is 0.268 bits per heavy atom. The van der Waals surface area contributed by atoms with Crippen LogP contribution in [0.2, 0.25) is 0 Å². The van der Waals surface area contributed by atoms with Crippen LogP contribution in [0, 0.1) is 0 Å². The van der Waals surface area contributed by atoms with Gasteiger partial charge in [-0.25, -0.2) is 29.9 Å². The number of aromatic amines is 2. The van der Waals surface area contributed by atoms with E-state index in [1.165, 1.54) is 0 Å². The number of benzene rings is 8. The summed E-state index contributed by atoms with van der Waals surface area (Å²) in [5.41, 5.74) is 6.40. The van der Waals surface area contributed by atoms with Gasteiger partial charge in [0.1, 0.15) is 22.6 Å². The summed E-state index contributed by atoms with van der Waals surface area (Å²) in [5.74, 6) is 2.33. The Hall–Kier alpha value is -7.84. The number of hydrogen-bond acceptors (Lipinski definition) is 6. The second kappa shape index (κ2) is 10.9. The van der Waals surface area contributed by atoms with Gasteiger partial charge in [-0.05, 0) is 67.4 Å². The summed E-state index contributed by atoms with van der Waals surface area (Å²) >= 11 is 0. The zero-order chi connectivity index (χ0) is 36.5. The van der Waals surface area contributed by atoms with E-state index in [1.807, 2.05) is 0 Å². The quantitative estimate of drug-likeness (QED) is 0.162. The van der Waals surface area contributed by atoms with Gasteiger partial charge in [0, 0.05) is 43.8 Å². The standard InChI is InChI=1S/C48H26N8/c1-5-13-29-25(9-1)17-21-33-37(29)45-49-41(33)54-46-39-31-15-7-3-11-27(31)19-23-35(39)43(51-46)56-48-40-32-16-8-4-12-28(32)20-24-36(40)44(52-48)55-47-38-30-14-6-2-10-26(30)18-22-34(38)42(50-47)53-45/h1-24H,(H2,49,50,51,52,53,54,55,56). The van der Waals surface area contributed by atoms with Crippen LogP contribution >= 0.6 is 0 Å². The van der Waals surface area contributed by atoms with E-state index in [2.05, 4.69) is 156 Å². The lowest BCUT2D eigenvalue weighted by Crippen LogP contribution is -1.85. The van der Waals surface area contributed by atoms with Crippen LogP contribution in [-0.4, -0.2) is 39.9 Å². The van der Waals surface area contributed by atoms with Crippen molar-refractivity contribution >= 4 is 87.2 Å². The molecule has 0 aliphatic carbocycles. The van der Waals surface area contributed by atoms with Gasteiger partial charge in [-0.3, -0.25) is 0 Å². The number of fused-ring (bicyclic) bond motifs is 28. The maximum Gasteiger partial charge on any atom is 0.165 e. The van der Waals surface area contributed by atoms with Crippen LogP contribution in [0.15, 0.2) is 146 Å². The lowest BCUT2D eigenvalue weighted by atomic mass is 9.99. The fourth-order valence-corrected chi connectivity index (χ4v) is 8.86. The molecule has 56 heavy (non-hydrogen) atoms. The molecule has 0 amide bonds. The maximum atomic E-state index is 5.36. The number of hydrogen-bond donors (Lipinski definition) is 2. The number of H-pyrrole nitrogens is 2. The third-order valence-corrected chi connectivity index (χ3v) is 11.4. The van der Waals surface area contributed by atoms with Crippen molar-refractivity contribution in [3.8, 4) is 45.6 Å². The van der Waals surface area contributed by atoms with Crippen LogP contribution in [0.3, 0.4) is 0 Å². The van der Waals surface area contributed by atoms with E-state index in [0.717, 1.165) is 86.9 Å². The molecule has 8 nitrogen and oxygen atoms in total. The van der Waals surface area contributed by atoms with Gasteiger partial charge in [0.15, 0.2) is 23.3 Å². The van der Waals surface area contributed by atoms with E-state index in [-0.39, 0.29) is 0 Å². The summed E-state index contributed by atoms with van der Waals surface area (Å²) in [7, 11) is 0. The molecule has 0 unspecified atom stereocenters. The van der Waals surface area contributed by atoms with Crippen LogP contribution in [0.1, 0.15) is 0 Å². The Morgan fingerprint density at radius 2 is 0.625 bits per heavy atom. The first-order chi connectivity index (χ1) is 27.7. The van der Waals surface area contributed by atoms with Crippen LogP contribution in [-0.2, 0) is 0 Å². The van der Waals surface area contributed by atoms with Crippen molar-refractivity contribution in [3.05, 3.63) is 146 Å². The first-order valence-electron chi connectivity index (χ1n) is 18.6. The first-order valence-corrected chi connectivity index (χ1v) is 18.6. The number of nitrogens with one attached hydrogen (secondary N) is 2. The van der Waals surface area contributed by atoms with Gasteiger partial charge in [-0.2, -0.15) is 0 Å². The van der Waals surface area contributed by atoms with E-state index in [1.54, 1.807) is 0 Å². The highest BCUT2D eigenvalue weighted by Gasteiger charge is 2.25. The van der Waals surface area contributed by atoms with Crippen molar-refractivity contribution in [1.82, 2.24) is 39.9 Å². The lowest BCUT2D eigenvalue weighted by molar-refractivity contribution is 1.19. The van der Waals surface area contributed by atoms with Crippen LogP contribution in [0.25, 0.3) is 133 Å². The lowest BCUT2D eigenvalue weighted by Gasteiger charge is -2.04. The highest BCUT2D eigenvalue weighted by Crippen LogP contribution is 2.43. The first kappa shape index (κ1) is 29.6. The Balaban J connectivity index is 1.28. The van der Waals surface area contributed by atoms with Gasteiger partial charge in [0.2, 0.25) is 0 Å². The molecular weight excluding hydrogens is 689 g/mol. The minimum absolute atomic E-state index is 0.579. The van der Waals surface area contributed by atoms with Gasteiger partial charge < -0.3 is 9.97 Å². The maximum absolute atomic E-state index is 5.36. The minimum atomic E-state index is 0.579. The monoisotopic (exact) mass is 714 g/mol. The van der Waals surface area contributed by atoms with Gasteiger partial charge in [-0.15, -0.1) is 0 Å². The van der Waals surface area contributed by atoms with Crippen LogP contribution < -0.4 is 0 Å². The number of aromatic nitrogens is 8. The third kappa shape index (κ3) is 4.07. The normalized spacial score (nSPS) is 12.3. The molecule has 11 aromatic rings. The molecule has 0 atom stereocenters. The van der Waals surface area contributed by atoms with E-state index in [0.29, 0.717) is 45.9 Å². The van der Waals surface area contributed by atoms with Crippen molar-refractivity contribution in [2.45, 2.75) is 0 Å². The van der Waals surface area contributed by atoms with E-state index >= 15 is 0 Å².